The Labute approximate surface area is 127 Å². The first kappa shape index (κ1) is 15.5. The molecule has 112 valence electrons. The summed E-state index contributed by atoms with van der Waals surface area (Å²) in [5, 5.41) is 8.95. The topological polar surface area (TPSA) is 66.8 Å². The molecule has 6 heteroatoms. The van der Waals surface area contributed by atoms with Crippen molar-refractivity contribution in [1.29, 1.82) is 0 Å². The molecule has 1 N–H and O–H groups in total. The molecule has 1 amide bonds. The predicted molar refractivity (Wildman–Crippen MR) is 79.4 cm³/mol. The lowest BCUT2D eigenvalue weighted by atomic mass is 10.1. The molecular formula is C15H16ClNO4. The summed E-state index contributed by atoms with van der Waals surface area (Å²) < 4.78 is 5.24. The minimum Gasteiger partial charge on any atom is -0.478 e. The van der Waals surface area contributed by atoms with Gasteiger partial charge in [-0.15, -0.1) is 0 Å². The number of carboxylic acid groups (broad SMARTS) is 1. The summed E-state index contributed by atoms with van der Waals surface area (Å²) in [7, 11) is 1.64. The van der Waals surface area contributed by atoms with Crippen molar-refractivity contribution in [1.82, 2.24) is 4.90 Å². The highest BCUT2D eigenvalue weighted by atomic mass is 35.5. The number of benzene rings is 1. The van der Waals surface area contributed by atoms with Crippen LogP contribution in [0.2, 0.25) is 5.02 Å². The normalized spacial score (nSPS) is 18.4. The molecule has 2 rings (SSSR count). The molecule has 1 unspecified atom stereocenters. The highest BCUT2D eigenvalue weighted by molar-refractivity contribution is 6.32. The second-order valence-electron chi connectivity index (χ2n) is 4.81. The zero-order valence-electron chi connectivity index (χ0n) is 11.6. The van der Waals surface area contributed by atoms with Gasteiger partial charge in [-0.1, -0.05) is 17.7 Å². The van der Waals surface area contributed by atoms with E-state index in [2.05, 4.69) is 0 Å². The van der Waals surface area contributed by atoms with Crippen LogP contribution >= 0.6 is 11.6 Å². The minimum absolute atomic E-state index is 0.0854. The standard InChI is InChI=1S/C15H16ClNO4/c1-21-12-6-7-17(9-12)15(20)11-3-2-10(13(16)8-11)4-5-14(18)19/h2-5,8,12H,6-7,9H2,1H3,(H,18,19)/b5-4+. The van der Waals surface area contributed by atoms with Crippen molar-refractivity contribution in [3.05, 3.63) is 40.4 Å². The van der Waals surface area contributed by atoms with E-state index in [4.69, 9.17) is 21.4 Å². The number of aliphatic carboxylic acids is 1. The van der Waals surface area contributed by atoms with E-state index >= 15 is 0 Å². The Balaban J connectivity index is 2.13. The van der Waals surface area contributed by atoms with Crippen LogP contribution in [0.25, 0.3) is 6.08 Å². The maximum atomic E-state index is 12.3. The summed E-state index contributed by atoms with van der Waals surface area (Å²) in [4.78, 5) is 24.6. The van der Waals surface area contributed by atoms with Gasteiger partial charge in [-0.2, -0.15) is 0 Å². The first-order chi connectivity index (χ1) is 10.0. The molecule has 1 aliphatic heterocycles. The van der Waals surface area contributed by atoms with Crippen LogP contribution in [0.1, 0.15) is 22.3 Å². The fourth-order valence-electron chi connectivity index (χ4n) is 2.24. The first-order valence-electron chi connectivity index (χ1n) is 6.54. The van der Waals surface area contributed by atoms with Crippen LogP contribution in [0.4, 0.5) is 0 Å². The molecule has 1 aliphatic rings. The smallest absolute Gasteiger partial charge is 0.328 e. The van der Waals surface area contributed by atoms with Crippen molar-refractivity contribution in [2.75, 3.05) is 20.2 Å². The average molecular weight is 310 g/mol. The van der Waals surface area contributed by atoms with Gasteiger partial charge in [0.2, 0.25) is 0 Å². The molecule has 0 radical (unpaired) electrons. The number of likely N-dealkylation sites (tertiary alicyclic amines) is 1. The Bertz CT molecular complexity index is 585. The van der Waals surface area contributed by atoms with Gasteiger partial charge in [0, 0.05) is 36.9 Å². The van der Waals surface area contributed by atoms with E-state index < -0.39 is 5.97 Å². The van der Waals surface area contributed by atoms with Gasteiger partial charge in [0.05, 0.1) is 6.10 Å². The van der Waals surface area contributed by atoms with Gasteiger partial charge in [0.25, 0.3) is 5.91 Å². The van der Waals surface area contributed by atoms with E-state index in [0.29, 0.717) is 29.2 Å². The van der Waals surface area contributed by atoms with Gasteiger partial charge in [-0.25, -0.2) is 4.79 Å². The predicted octanol–water partition coefficient (Wildman–Crippen LogP) is 2.30. The SMILES string of the molecule is COC1CCN(C(=O)c2ccc(/C=C/C(=O)O)c(Cl)c2)C1. The Morgan fingerprint density at radius 3 is 2.81 bits per heavy atom. The summed E-state index contributed by atoms with van der Waals surface area (Å²) in [6, 6.07) is 4.85. The number of hydrogen-bond donors (Lipinski definition) is 1. The van der Waals surface area contributed by atoms with Crippen LogP contribution < -0.4 is 0 Å². The lowest BCUT2D eigenvalue weighted by Crippen LogP contribution is -2.29. The Morgan fingerprint density at radius 2 is 2.24 bits per heavy atom. The van der Waals surface area contributed by atoms with E-state index in [-0.39, 0.29) is 12.0 Å². The molecule has 0 aromatic heterocycles. The molecule has 21 heavy (non-hydrogen) atoms. The van der Waals surface area contributed by atoms with Crippen molar-refractivity contribution in [2.45, 2.75) is 12.5 Å². The van der Waals surface area contributed by atoms with E-state index in [0.717, 1.165) is 12.5 Å². The summed E-state index contributed by atoms with van der Waals surface area (Å²) in [6.45, 7) is 1.24. The molecule has 1 aromatic rings. The minimum atomic E-state index is -1.05. The molecule has 0 aliphatic carbocycles. The molecule has 1 saturated heterocycles. The van der Waals surface area contributed by atoms with Crippen molar-refractivity contribution in [3.8, 4) is 0 Å². The highest BCUT2D eigenvalue weighted by Crippen LogP contribution is 2.22. The largest absolute Gasteiger partial charge is 0.478 e. The van der Waals surface area contributed by atoms with Crippen LogP contribution in [-0.2, 0) is 9.53 Å². The maximum Gasteiger partial charge on any atom is 0.328 e. The lowest BCUT2D eigenvalue weighted by molar-refractivity contribution is -0.131. The van der Waals surface area contributed by atoms with Gasteiger partial charge < -0.3 is 14.7 Å². The lowest BCUT2D eigenvalue weighted by Gasteiger charge is -2.16. The fourth-order valence-corrected chi connectivity index (χ4v) is 2.49. The van der Waals surface area contributed by atoms with Crippen molar-refractivity contribution < 1.29 is 19.4 Å². The molecule has 5 nitrogen and oxygen atoms in total. The van der Waals surface area contributed by atoms with Crippen LogP contribution in [0, 0.1) is 0 Å². The van der Waals surface area contributed by atoms with Crippen molar-refractivity contribution in [2.24, 2.45) is 0 Å². The van der Waals surface area contributed by atoms with E-state index in [9.17, 15) is 9.59 Å². The second kappa shape index (κ2) is 6.74. The maximum absolute atomic E-state index is 12.3. The van der Waals surface area contributed by atoms with Crippen LogP contribution in [0.3, 0.4) is 0 Å². The third kappa shape index (κ3) is 3.83. The number of carbonyl (C=O) groups excluding carboxylic acids is 1. The summed E-state index contributed by atoms with van der Waals surface area (Å²) in [5.74, 6) is -1.14. The summed E-state index contributed by atoms with van der Waals surface area (Å²) in [5.41, 5.74) is 1.05. The number of nitrogens with zero attached hydrogens (tertiary/aromatic N) is 1. The number of carbonyl (C=O) groups is 2. The molecule has 0 bridgehead atoms. The number of carboxylic acids is 1. The van der Waals surface area contributed by atoms with Gasteiger partial charge in [-0.05, 0) is 30.2 Å². The van der Waals surface area contributed by atoms with Gasteiger partial charge in [0.1, 0.15) is 0 Å². The number of amides is 1. The number of rotatable bonds is 4. The summed E-state index contributed by atoms with van der Waals surface area (Å²) in [6.07, 6.45) is 3.32. The molecule has 0 spiro atoms. The van der Waals surface area contributed by atoms with Crippen molar-refractivity contribution in [3.63, 3.8) is 0 Å². The zero-order valence-corrected chi connectivity index (χ0v) is 12.3. The molecular weight excluding hydrogens is 294 g/mol. The van der Waals surface area contributed by atoms with E-state index in [1.165, 1.54) is 6.08 Å². The van der Waals surface area contributed by atoms with Gasteiger partial charge >= 0.3 is 5.97 Å². The number of hydrogen-bond acceptors (Lipinski definition) is 3. The highest BCUT2D eigenvalue weighted by Gasteiger charge is 2.26. The molecule has 1 heterocycles. The number of methoxy groups -OCH3 is 1. The first-order valence-corrected chi connectivity index (χ1v) is 6.91. The third-order valence-electron chi connectivity index (χ3n) is 3.42. The average Bonchev–Trinajstić information content (AvgIpc) is 2.93. The van der Waals surface area contributed by atoms with Gasteiger partial charge in [-0.3, -0.25) is 4.79 Å². The Kier molecular flexibility index (Phi) is 4.98. The number of halogens is 1. The van der Waals surface area contributed by atoms with Crippen LogP contribution in [-0.4, -0.2) is 48.2 Å². The summed E-state index contributed by atoms with van der Waals surface area (Å²) >= 11 is 6.08. The van der Waals surface area contributed by atoms with E-state index in [1.54, 1.807) is 30.2 Å². The Morgan fingerprint density at radius 1 is 1.48 bits per heavy atom. The van der Waals surface area contributed by atoms with E-state index in [1.807, 2.05) is 0 Å². The Hall–Kier alpha value is -1.85. The van der Waals surface area contributed by atoms with Crippen LogP contribution in [0.15, 0.2) is 24.3 Å². The monoisotopic (exact) mass is 309 g/mol. The molecule has 1 fully saturated rings. The quantitative estimate of drug-likeness (QED) is 0.867. The molecule has 1 aromatic carbocycles. The second-order valence-corrected chi connectivity index (χ2v) is 5.21. The fraction of sp³-hybridized carbons (Fsp3) is 0.333. The zero-order chi connectivity index (χ0) is 15.4. The molecule has 1 atom stereocenters. The van der Waals surface area contributed by atoms with Gasteiger partial charge in [0.15, 0.2) is 0 Å². The van der Waals surface area contributed by atoms with Crippen LogP contribution in [0.5, 0.6) is 0 Å². The van der Waals surface area contributed by atoms with Crippen molar-refractivity contribution >= 4 is 29.6 Å². The third-order valence-corrected chi connectivity index (χ3v) is 3.75. The molecule has 0 saturated carbocycles. The number of ether oxygens (including phenoxy) is 1.